The second-order valence-corrected chi connectivity index (χ2v) is 4.54. The van der Waals surface area contributed by atoms with Gasteiger partial charge in [-0.2, -0.15) is 0 Å². The molecule has 0 N–H and O–H groups in total. The Bertz CT molecular complexity index is 306. The lowest BCUT2D eigenvalue weighted by molar-refractivity contribution is 0.681. The van der Waals surface area contributed by atoms with Crippen LogP contribution in [0.25, 0.3) is 0 Å². The molecule has 1 aromatic carbocycles. The molecule has 0 radical (unpaired) electrons. The van der Waals surface area contributed by atoms with Gasteiger partial charge in [-0.25, -0.2) is 0 Å². The molecule has 1 nitrogen and oxygen atoms in total. The van der Waals surface area contributed by atoms with Crippen LogP contribution in [0.4, 0.5) is 5.69 Å². The normalized spacial score (nSPS) is 10.4. The molecule has 0 aromatic heterocycles. The van der Waals surface area contributed by atoms with Crippen LogP contribution in [0.2, 0.25) is 0 Å². The molecule has 0 unspecified atom stereocenters. The van der Waals surface area contributed by atoms with E-state index >= 15 is 0 Å². The first-order valence-corrected chi connectivity index (χ1v) is 5.91. The van der Waals surface area contributed by atoms with Crippen molar-refractivity contribution < 1.29 is 0 Å². The molecule has 0 heterocycles. The first-order chi connectivity index (χ1) is 7.15. The molecule has 1 rings (SSSR count). The van der Waals surface area contributed by atoms with Crippen molar-refractivity contribution in [2.45, 2.75) is 27.2 Å². The minimum atomic E-state index is 0.621. The lowest BCUT2D eigenvalue weighted by Crippen LogP contribution is -2.29. The smallest absolute Gasteiger partial charge is 0.0826 e. The minimum absolute atomic E-state index is 0.621. The van der Waals surface area contributed by atoms with E-state index in [-0.39, 0.29) is 0 Å². The van der Waals surface area contributed by atoms with Gasteiger partial charge in [-0.05, 0) is 25.0 Å². The fourth-order valence-electron chi connectivity index (χ4n) is 1.57. The van der Waals surface area contributed by atoms with Crippen LogP contribution < -0.4 is 4.90 Å². The summed E-state index contributed by atoms with van der Waals surface area (Å²) in [6.07, 6.45) is 0.984. The monoisotopic (exact) mass is 221 g/mol. The van der Waals surface area contributed by atoms with Crippen LogP contribution in [0, 0.1) is 5.92 Å². The highest BCUT2D eigenvalue weighted by atomic mass is 32.1. The molecule has 0 spiro atoms. The van der Waals surface area contributed by atoms with Crippen molar-refractivity contribution in [2.24, 2.45) is 5.92 Å². The van der Waals surface area contributed by atoms with Crippen molar-refractivity contribution in [1.82, 2.24) is 0 Å². The predicted octanol–water partition coefficient (Wildman–Crippen LogP) is 3.89. The van der Waals surface area contributed by atoms with Gasteiger partial charge < -0.3 is 4.90 Å². The minimum Gasteiger partial charge on any atom is -0.336 e. The molecule has 1 aromatic rings. The number of benzene rings is 1. The van der Waals surface area contributed by atoms with E-state index in [0.717, 1.165) is 18.0 Å². The van der Waals surface area contributed by atoms with E-state index in [1.165, 1.54) is 5.69 Å². The predicted molar refractivity (Wildman–Crippen MR) is 71.5 cm³/mol. The molecule has 0 saturated heterocycles. The van der Waals surface area contributed by atoms with Gasteiger partial charge in [0.1, 0.15) is 0 Å². The summed E-state index contributed by atoms with van der Waals surface area (Å²) in [5.74, 6) is 0.621. The highest BCUT2D eigenvalue weighted by Crippen LogP contribution is 2.16. The van der Waals surface area contributed by atoms with Crippen LogP contribution in [-0.4, -0.2) is 11.5 Å². The van der Waals surface area contributed by atoms with E-state index in [0.29, 0.717) is 5.92 Å². The Hall–Kier alpha value is -0.890. The van der Waals surface area contributed by atoms with E-state index in [9.17, 15) is 0 Å². The summed E-state index contributed by atoms with van der Waals surface area (Å²) in [6, 6.07) is 10.3. The van der Waals surface area contributed by atoms with Gasteiger partial charge >= 0.3 is 0 Å². The fourth-order valence-corrected chi connectivity index (χ4v) is 2.14. The highest BCUT2D eigenvalue weighted by molar-refractivity contribution is 7.80. The molecule has 0 aliphatic rings. The van der Waals surface area contributed by atoms with Crippen LogP contribution in [0.3, 0.4) is 0 Å². The number of hydrogen-bond acceptors (Lipinski definition) is 1. The Morgan fingerprint density at radius 3 is 2.33 bits per heavy atom. The van der Waals surface area contributed by atoms with Crippen molar-refractivity contribution in [3.05, 3.63) is 30.3 Å². The standard InChI is InChI=1S/C13H19NS/c1-4-14(13(15)10-11(2)3)12-8-6-5-7-9-12/h5-9,11H,4,10H2,1-3H3. The number of hydrogen-bond donors (Lipinski definition) is 0. The zero-order chi connectivity index (χ0) is 11.3. The summed E-state index contributed by atoms with van der Waals surface area (Å²) in [5.41, 5.74) is 1.20. The van der Waals surface area contributed by atoms with Crippen LogP contribution in [0.5, 0.6) is 0 Å². The molecule has 0 fully saturated rings. The summed E-state index contributed by atoms with van der Waals surface area (Å²) in [5, 5.41) is 0. The van der Waals surface area contributed by atoms with Gasteiger partial charge in [0.15, 0.2) is 0 Å². The van der Waals surface area contributed by atoms with E-state index in [1.54, 1.807) is 0 Å². The number of nitrogens with zero attached hydrogens (tertiary/aromatic N) is 1. The third-order valence-corrected chi connectivity index (χ3v) is 2.66. The summed E-state index contributed by atoms with van der Waals surface area (Å²) in [7, 11) is 0. The highest BCUT2D eigenvalue weighted by Gasteiger charge is 2.10. The Morgan fingerprint density at radius 1 is 1.27 bits per heavy atom. The van der Waals surface area contributed by atoms with Gasteiger partial charge in [0.25, 0.3) is 0 Å². The molecule has 15 heavy (non-hydrogen) atoms. The maximum Gasteiger partial charge on any atom is 0.0826 e. The van der Waals surface area contributed by atoms with Gasteiger partial charge in [0.2, 0.25) is 0 Å². The largest absolute Gasteiger partial charge is 0.336 e. The number of anilines is 1. The molecular formula is C13H19NS. The van der Waals surface area contributed by atoms with Crippen LogP contribution in [-0.2, 0) is 0 Å². The first-order valence-electron chi connectivity index (χ1n) is 5.50. The quantitative estimate of drug-likeness (QED) is 0.710. The number of thiocarbonyl (C=S) groups is 1. The maximum absolute atomic E-state index is 5.46. The van der Waals surface area contributed by atoms with Crippen LogP contribution >= 0.6 is 12.2 Å². The molecular weight excluding hydrogens is 202 g/mol. The van der Waals surface area contributed by atoms with Crippen LogP contribution in [0.15, 0.2) is 30.3 Å². The van der Waals surface area contributed by atoms with Gasteiger partial charge in [-0.1, -0.05) is 44.3 Å². The third kappa shape index (κ3) is 3.63. The molecule has 2 heteroatoms. The van der Waals surface area contributed by atoms with Crippen molar-refractivity contribution in [3.8, 4) is 0 Å². The summed E-state index contributed by atoms with van der Waals surface area (Å²) in [6.45, 7) is 7.48. The lowest BCUT2D eigenvalue weighted by atomic mass is 10.1. The van der Waals surface area contributed by atoms with Gasteiger partial charge in [0, 0.05) is 18.7 Å². The second-order valence-electron chi connectivity index (χ2n) is 4.07. The van der Waals surface area contributed by atoms with E-state index in [4.69, 9.17) is 12.2 Å². The molecule has 0 saturated carbocycles. The second kappa shape index (κ2) is 5.86. The fraction of sp³-hybridized carbons (Fsp3) is 0.462. The summed E-state index contributed by atoms with van der Waals surface area (Å²) < 4.78 is 0. The molecule has 0 aliphatic heterocycles. The lowest BCUT2D eigenvalue weighted by Gasteiger charge is -2.24. The van der Waals surface area contributed by atoms with E-state index in [2.05, 4.69) is 49.9 Å². The van der Waals surface area contributed by atoms with Crippen molar-refractivity contribution in [1.29, 1.82) is 0 Å². The molecule has 82 valence electrons. The Kier molecular flexibility index (Phi) is 4.76. The molecule has 0 bridgehead atoms. The van der Waals surface area contributed by atoms with Crippen molar-refractivity contribution >= 4 is 22.9 Å². The summed E-state index contributed by atoms with van der Waals surface area (Å²) >= 11 is 5.46. The van der Waals surface area contributed by atoms with E-state index < -0.39 is 0 Å². The maximum atomic E-state index is 5.46. The van der Waals surface area contributed by atoms with Gasteiger partial charge in [-0.3, -0.25) is 0 Å². The zero-order valence-electron chi connectivity index (χ0n) is 9.73. The van der Waals surface area contributed by atoms with Crippen molar-refractivity contribution in [3.63, 3.8) is 0 Å². The molecule has 0 atom stereocenters. The average molecular weight is 221 g/mol. The van der Waals surface area contributed by atoms with E-state index in [1.807, 2.05) is 6.07 Å². The molecule has 0 aliphatic carbocycles. The first kappa shape index (κ1) is 12.2. The average Bonchev–Trinajstić information content (AvgIpc) is 2.19. The van der Waals surface area contributed by atoms with Crippen LogP contribution in [0.1, 0.15) is 27.2 Å². The van der Waals surface area contributed by atoms with Gasteiger partial charge in [0.05, 0.1) is 4.99 Å². The van der Waals surface area contributed by atoms with Gasteiger partial charge in [-0.15, -0.1) is 0 Å². The topological polar surface area (TPSA) is 3.24 Å². The zero-order valence-corrected chi connectivity index (χ0v) is 10.6. The Labute approximate surface area is 98.1 Å². The third-order valence-electron chi connectivity index (χ3n) is 2.27. The number of rotatable bonds is 4. The number of para-hydroxylation sites is 1. The SMILES string of the molecule is CCN(C(=S)CC(C)C)c1ccccc1. The van der Waals surface area contributed by atoms with Crippen molar-refractivity contribution in [2.75, 3.05) is 11.4 Å². The Morgan fingerprint density at radius 2 is 1.87 bits per heavy atom. The Balaban J connectivity index is 2.76. The molecule has 0 amide bonds. The summed E-state index contributed by atoms with van der Waals surface area (Å²) in [4.78, 5) is 3.24.